The minimum absolute atomic E-state index is 0. The fraction of sp³-hybridized carbons (Fsp3) is 0.387. The third-order valence-electron chi connectivity index (χ3n) is 6.25. The number of hydrogen-bond acceptors (Lipinski definition) is 6. The van der Waals surface area contributed by atoms with E-state index in [1.54, 1.807) is 18.2 Å². The van der Waals surface area contributed by atoms with E-state index in [1.807, 2.05) is 63.2 Å². The van der Waals surface area contributed by atoms with Crippen molar-refractivity contribution in [2.75, 3.05) is 18.8 Å². The van der Waals surface area contributed by atoms with E-state index in [0.717, 1.165) is 48.1 Å². The molecule has 0 heterocycles. The fourth-order valence-electron chi connectivity index (χ4n) is 4.16. The topological polar surface area (TPSA) is 105 Å². The lowest BCUT2D eigenvalue weighted by Gasteiger charge is -2.16. The number of benzene rings is 3. The third-order valence-corrected chi connectivity index (χ3v) is 7.58. The largest absolute Gasteiger partial charge is 0.490 e. The Morgan fingerprint density at radius 1 is 0.950 bits per heavy atom. The summed E-state index contributed by atoms with van der Waals surface area (Å²) in [6.07, 6.45) is 2.28. The number of aliphatic hydroxyl groups is 1. The number of hydrogen-bond donors (Lipinski definition) is 3. The number of rotatable bonds is 15. The summed E-state index contributed by atoms with van der Waals surface area (Å²) < 4.78 is 32.8. The second kappa shape index (κ2) is 16.4. The van der Waals surface area contributed by atoms with Crippen molar-refractivity contribution in [1.82, 2.24) is 10.0 Å². The van der Waals surface area contributed by atoms with Gasteiger partial charge in [-0.05, 0) is 67.6 Å². The van der Waals surface area contributed by atoms with E-state index in [4.69, 9.17) is 4.74 Å². The molecule has 0 spiro atoms. The van der Waals surface area contributed by atoms with Gasteiger partial charge in [-0.2, -0.15) is 0 Å². The monoisotopic (exact) mass is 588 g/mol. The molecule has 3 rings (SSSR count). The van der Waals surface area contributed by atoms with E-state index in [-0.39, 0.29) is 29.8 Å². The number of carbonyl (C=O) groups excluding carboxylic acids is 1. The first-order chi connectivity index (χ1) is 18.7. The second-order valence-electron chi connectivity index (χ2n) is 9.91. The van der Waals surface area contributed by atoms with E-state index >= 15 is 0 Å². The number of amides is 1. The average molecular weight is 589 g/mol. The molecule has 3 N–H and O–H groups in total. The van der Waals surface area contributed by atoms with Crippen molar-refractivity contribution in [2.24, 2.45) is 0 Å². The van der Waals surface area contributed by atoms with Gasteiger partial charge in [0.05, 0.1) is 23.5 Å². The maximum absolute atomic E-state index is 12.8. The Morgan fingerprint density at radius 3 is 2.27 bits per heavy atom. The van der Waals surface area contributed by atoms with Gasteiger partial charge in [0.25, 0.3) is 5.91 Å². The van der Waals surface area contributed by atoms with Crippen LogP contribution in [0.2, 0.25) is 0 Å². The van der Waals surface area contributed by atoms with Gasteiger partial charge in [0.15, 0.2) is 0 Å². The van der Waals surface area contributed by atoms with Crippen LogP contribution in [0.1, 0.15) is 67.6 Å². The minimum atomic E-state index is -3.72. The quantitative estimate of drug-likeness (QED) is 0.197. The van der Waals surface area contributed by atoms with Crippen molar-refractivity contribution in [1.29, 1.82) is 0 Å². The SMILES string of the molecule is CCCCCS(=O)(=O)NC(=O)c1ccc(-c2ccc(CCNC[C@@H](O)c3ccccc3)cc2)cc1OC(C)C.Cl. The molecule has 3 aromatic rings. The summed E-state index contributed by atoms with van der Waals surface area (Å²) >= 11 is 0. The summed E-state index contributed by atoms with van der Waals surface area (Å²) in [6.45, 7) is 6.93. The molecule has 40 heavy (non-hydrogen) atoms. The molecule has 0 unspecified atom stereocenters. The van der Waals surface area contributed by atoms with Crippen LogP contribution >= 0.6 is 12.4 Å². The first kappa shape index (κ1) is 33.3. The van der Waals surface area contributed by atoms with Gasteiger partial charge in [0.2, 0.25) is 10.0 Å². The number of carbonyl (C=O) groups is 1. The molecule has 218 valence electrons. The molecule has 0 saturated heterocycles. The lowest BCUT2D eigenvalue weighted by molar-refractivity contribution is 0.0975. The Kier molecular flexibility index (Phi) is 13.6. The van der Waals surface area contributed by atoms with Crippen LogP contribution in [0.3, 0.4) is 0 Å². The molecule has 9 heteroatoms. The van der Waals surface area contributed by atoms with Gasteiger partial charge in [-0.25, -0.2) is 13.1 Å². The predicted molar refractivity (Wildman–Crippen MR) is 164 cm³/mol. The maximum atomic E-state index is 12.8. The van der Waals surface area contributed by atoms with Gasteiger partial charge >= 0.3 is 0 Å². The number of halogens is 1. The van der Waals surface area contributed by atoms with E-state index in [9.17, 15) is 18.3 Å². The van der Waals surface area contributed by atoms with Crippen molar-refractivity contribution in [3.63, 3.8) is 0 Å². The number of nitrogens with one attached hydrogen (secondary N) is 2. The van der Waals surface area contributed by atoms with E-state index < -0.39 is 22.0 Å². The Morgan fingerprint density at radius 2 is 1.62 bits per heavy atom. The molecule has 3 aromatic carbocycles. The summed E-state index contributed by atoms with van der Waals surface area (Å²) in [5, 5.41) is 13.6. The molecule has 0 radical (unpaired) electrons. The summed E-state index contributed by atoms with van der Waals surface area (Å²) in [7, 11) is -3.72. The molecule has 0 bridgehead atoms. The zero-order valence-electron chi connectivity index (χ0n) is 23.4. The Bertz CT molecular complexity index is 1300. The highest BCUT2D eigenvalue weighted by Gasteiger charge is 2.20. The number of ether oxygens (including phenoxy) is 1. The molecule has 7 nitrogen and oxygen atoms in total. The Hall–Kier alpha value is -2.91. The summed E-state index contributed by atoms with van der Waals surface area (Å²) in [5.74, 6) is -0.427. The molecule has 0 fully saturated rings. The zero-order valence-corrected chi connectivity index (χ0v) is 25.1. The number of unbranched alkanes of at least 4 members (excludes halogenated alkanes) is 2. The van der Waals surface area contributed by atoms with E-state index in [1.165, 1.54) is 0 Å². The first-order valence-corrected chi connectivity index (χ1v) is 15.2. The summed E-state index contributed by atoms with van der Waals surface area (Å²) in [5.41, 5.74) is 4.06. The molecule has 1 amide bonds. The lowest BCUT2D eigenvalue weighted by Crippen LogP contribution is -2.33. The lowest BCUT2D eigenvalue weighted by atomic mass is 10.0. The van der Waals surface area contributed by atoms with E-state index in [2.05, 4.69) is 22.2 Å². The van der Waals surface area contributed by atoms with Gasteiger partial charge in [-0.15, -0.1) is 12.4 Å². The molecule has 0 saturated carbocycles. The standard InChI is InChI=1S/C31H40N2O5S.ClH/c1-4-5-9-20-39(36,37)33-31(35)28-17-16-27(21-30(28)38-23(2)3)25-14-12-24(13-15-25)18-19-32-22-29(34)26-10-7-6-8-11-26;/h6-8,10-17,21,23,29,32,34H,4-5,9,18-20,22H2,1-3H3,(H,33,35);1H/t29-;/m1./s1. The van der Waals surface area contributed by atoms with Gasteiger partial charge < -0.3 is 15.2 Å². The average Bonchev–Trinajstić information content (AvgIpc) is 2.91. The van der Waals surface area contributed by atoms with Crippen LogP contribution in [0.15, 0.2) is 72.8 Å². The van der Waals surface area contributed by atoms with E-state index in [0.29, 0.717) is 18.7 Å². The molecule has 0 aliphatic heterocycles. The van der Waals surface area contributed by atoms with Crippen LogP contribution in [0, 0.1) is 0 Å². The van der Waals surface area contributed by atoms with Gasteiger partial charge in [0.1, 0.15) is 5.75 Å². The smallest absolute Gasteiger partial charge is 0.268 e. The Labute approximate surface area is 244 Å². The van der Waals surface area contributed by atoms with Crippen molar-refractivity contribution in [3.8, 4) is 16.9 Å². The van der Waals surface area contributed by atoms with Crippen LogP contribution in [-0.2, 0) is 16.4 Å². The van der Waals surface area contributed by atoms with Crippen molar-refractivity contribution in [3.05, 3.63) is 89.5 Å². The summed E-state index contributed by atoms with van der Waals surface area (Å²) in [6, 6.07) is 22.9. The molecular weight excluding hydrogens is 548 g/mol. The van der Waals surface area contributed by atoms with Gasteiger partial charge in [-0.1, -0.05) is 80.4 Å². The van der Waals surface area contributed by atoms with Crippen LogP contribution < -0.4 is 14.8 Å². The third kappa shape index (κ3) is 10.6. The minimum Gasteiger partial charge on any atom is -0.490 e. The van der Waals surface area contributed by atoms with Crippen molar-refractivity contribution >= 4 is 28.3 Å². The molecule has 0 aliphatic rings. The normalized spacial score (nSPS) is 12.0. The highest BCUT2D eigenvalue weighted by Crippen LogP contribution is 2.29. The first-order valence-electron chi connectivity index (χ1n) is 13.6. The van der Waals surface area contributed by atoms with Gasteiger partial charge in [0, 0.05) is 6.54 Å². The maximum Gasteiger partial charge on any atom is 0.268 e. The number of sulfonamides is 1. The van der Waals surface area contributed by atoms with Gasteiger partial charge in [-0.3, -0.25) is 4.79 Å². The predicted octanol–water partition coefficient (Wildman–Crippen LogP) is 5.68. The highest BCUT2D eigenvalue weighted by molar-refractivity contribution is 7.90. The Balaban J connectivity index is 0.00000560. The van der Waals surface area contributed by atoms with Crippen molar-refractivity contribution < 1.29 is 23.1 Å². The molecule has 0 aliphatic carbocycles. The number of aliphatic hydroxyl groups excluding tert-OH is 1. The fourth-order valence-corrected chi connectivity index (χ4v) is 5.24. The summed E-state index contributed by atoms with van der Waals surface area (Å²) in [4.78, 5) is 12.8. The second-order valence-corrected chi connectivity index (χ2v) is 11.8. The van der Waals surface area contributed by atoms with Crippen LogP contribution in [-0.4, -0.2) is 44.4 Å². The van der Waals surface area contributed by atoms with Crippen LogP contribution in [0.5, 0.6) is 5.75 Å². The van der Waals surface area contributed by atoms with Crippen molar-refractivity contribution in [2.45, 2.75) is 58.7 Å². The molecular formula is C31H41ClN2O5S. The zero-order chi connectivity index (χ0) is 28.3. The molecule has 1 atom stereocenters. The van der Waals surface area contributed by atoms with Crippen LogP contribution in [0.25, 0.3) is 11.1 Å². The molecule has 0 aromatic heterocycles. The van der Waals surface area contributed by atoms with Crippen LogP contribution in [0.4, 0.5) is 0 Å². The highest BCUT2D eigenvalue weighted by atomic mass is 35.5.